The van der Waals surface area contributed by atoms with Crippen LogP contribution in [0.15, 0.2) is 47.1 Å². The third-order valence-electron chi connectivity index (χ3n) is 5.36. The Morgan fingerprint density at radius 2 is 1.90 bits per heavy atom. The molecule has 0 unspecified atom stereocenters. The Morgan fingerprint density at radius 1 is 1.16 bits per heavy atom. The molecule has 4 aromatic rings. The predicted octanol–water partition coefficient (Wildman–Crippen LogP) is 5.72. The van der Waals surface area contributed by atoms with Crippen molar-refractivity contribution in [2.75, 3.05) is 11.9 Å². The van der Waals surface area contributed by atoms with E-state index in [1.807, 2.05) is 27.0 Å². The van der Waals surface area contributed by atoms with E-state index in [9.17, 15) is 4.79 Å². The van der Waals surface area contributed by atoms with Crippen molar-refractivity contribution in [3.05, 3.63) is 70.3 Å². The van der Waals surface area contributed by atoms with Crippen molar-refractivity contribution < 1.29 is 9.21 Å². The number of benzene rings is 1. The highest BCUT2D eigenvalue weighted by atomic mass is 32.1. The second kappa shape index (κ2) is 8.51. The molecular formula is C24H26N4O2S. The number of furan rings is 1. The molecule has 0 atom stereocenters. The van der Waals surface area contributed by atoms with Crippen LogP contribution in [0.1, 0.15) is 52.1 Å². The van der Waals surface area contributed by atoms with Crippen molar-refractivity contribution in [3.63, 3.8) is 0 Å². The molecule has 0 bridgehead atoms. The fourth-order valence-corrected chi connectivity index (χ4v) is 4.68. The summed E-state index contributed by atoms with van der Waals surface area (Å²) in [6, 6.07) is 12.2. The minimum absolute atomic E-state index is 0.135. The number of thiophene rings is 1. The number of hydrogen-bond acceptors (Lipinski definition) is 6. The van der Waals surface area contributed by atoms with Crippen molar-refractivity contribution in [1.82, 2.24) is 15.3 Å². The standard InChI is InChI=1S/C24H26N4O2S/c1-14(2)17-8-10-18(11-9-17)28(5)22-20-15(3)21(31-24(20)27-16(4)26-22)23(29)25-13-19-7-6-12-30-19/h6-12,14H,13H2,1-5H3,(H,25,29). The first kappa shape index (κ1) is 21.1. The van der Waals surface area contributed by atoms with Gasteiger partial charge in [-0.25, -0.2) is 9.97 Å². The van der Waals surface area contributed by atoms with Crippen molar-refractivity contribution in [1.29, 1.82) is 0 Å². The second-order valence-corrected chi connectivity index (χ2v) is 8.90. The first-order chi connectivity index (χ1) is 14.8. The molecule has 4 rings (SSSR count). The number of hydrogen-bond donors (Lipinski definition) is 1. The van der Waals surface area contributed by atoms with Gasteiger partial charge >= 0.3 is 0 Å². The minimum atomic E-state index is -0.135. The lowest BCUT2D eigenvalue weighted by molar-refractivity contribution is 0.0951. The largest absolute Gasteiger partial charge is 0.467 e. The lowest BCUT2D eigenvalue weighted by atomic mass is 10.0. The zero-order chi connectivity index (χ0) is 22.1. The molecule has 0 fully saturated rings. The average Bonchev–Trinajstić information content (AvgIpc) is 3.39. The number of fused-ring (bicyclic) bond motifs is 1. The molecule has 0 saturated heterocycles. The fourth-order valence-electron chi connectivity index (χ4n) is 3.55. The summed E-state index contributed by atoms with van der Waals surface area (Å²) in [5, 5.41) is 3.84. The molecule has 160 valence electrons. The van der Waals surface area contributed by atoms with Crippen molar-refractivity contribution >= 4 is 39.0 Å². The molecule has 0 aliphatic heterocycles. The van der Waals surface area contributed by atoms with Gasteiger partial charge in [-0.15, -0.1) is 11.3 Å². The number of nitrogens with zero attached hydrogens (tertiary/aromatic N) is 3. The zero-order valence-corrected chi connectivity index (χ0v) is 19.2. The van der Waals surface area contributed by atoms with Gasteiger partial charge in [0.25, 0.3) is 5.91 Å². The van der Waals surface area contributed by atoms with Crippen LogP contribution in [-0.4, -0.2) is 22.9 Å². The third-order valence-corrected chi connectivity index (χ3v) is 6.54. The van der Waals surface area contributed by atoms with E-state index in [-0.39, 0.29) is 5.91 Å². The van der Waals surface area contributed by atoms with Crippen LogP contribution in [0.25, 0.3) is 10.2 Å². The van der Waals surface area contributed by atoms with E-state index >= 15 is 0 Å². The zero-order valence-electron chi connectivity index (χ0n) is 18.4. The molecule has 0 aliphatic rings. The average molecular weight is 435 g/mol. The van der Waals surface area contributed by atoms with E-state index in [1.54, 1.807) is 12.3 Å². The normalized spacial score (nSPS) is 11.3. The minimum Gasteiger partial charge on any atom is -0.467 e. The van der Waals surface area contributed by atoms with Crippen LogP contribution in [0.4, 0.5) is 11.5 Å². The Kier molecular flexibility index (Phi) is 5.78. The lowest BCUT2D eigenvalue weighted by Crippen LogP contribution is -2.22. The van der Waals surface area contributed by atoms with Gasteiger partial charge in [0.2, 0.25) is 0 Å². The van der Waals surface area contributed by atoms with Gasteiger partial charge in [-0.05, 0) is 55.2 Å². The summed E-state index contributed by atoms with van der Waals surface area (Å²) < 4.78 is 5.31. The molecule has 7 heteroatoms. The molecule has 0 saturated carbocycles. The summed E-state index contributed by atoms with van der Waals surface area (Å²) in [6.07, 6.45) is 1.60. The summed E-state index contributed by atoms with van der Waals surface area (Å²) in [7, 11) is 2.00. The number of nitrogens with one attached hydrogen (secondary N) is 1. The fraction of sp³-hybridized carbons (Fsp3) is 0.292. The maximum Gasteiger partial charge on any atom is 0.262 e. The Morgan fingerprint density at radius 3 is 2.55 bits per heavy atom. The van der Waals surface area contributed by atoms with Crippen LogP contribution in [0.2, 0.25) is 0 Å². The quantitative estimate of drug-likeness (QED) is 0.420. The summed E-state index contributed by atoms with van der Waals surface area (Å²) in [5.41, 5.74) is 3.22. The van der Waals surface area contributed by atoms with Crippen LogP contribution in [0, 0.1) is 13.8 Å². The van der Waals surface area contributed by atoms with Crippen LogP contribution >= 0.6 is 11.3 Å². The van der Waals surface area contributed by atoms with Gasteiger partial charge in [0.1, 0.15) is 22.2 Å². The van der Waals surface area contributed by atoms with Crippen LogP contribution in [-0.2, 0) is 6.54 Å². The first-order valence-corrected chi connectivity index (χ1v) is 11.1. The SMILES string of the molecule is Cc1nc(N(C)c2ccc(C(C)C)cc2)c2c(C)c(C(=O)NCc3ccco3)sc2n1. The molecule has 1 N–H and O–H groups in total. The van der Waals surface area contributed by atoms with Crippen LogP contribution in [0.5, 0.6) is 0 Å². The van der Waals surface area contributed by atoms with Crippen molar-refractivity contribution in [3.8, 4) is 0 Å². The third kappa shape index (κ3) is 4.18. The van der Waals surface area contributed by atoms with E-state index in [0.717, 1.165) is 27.3 Å². The van der Waals surface area contributed by atoms with E-state index in [4.69, 9.17) is 9.40 Å². The highest BCUT2D eigenvalue weighted by Crippen LogP contribution is 2.37. The van der Waals surface area contributed by atoms with Crippen LogP contribution < -0.4 is 10.2 Å². The van der Waals surface area contributed by atoms with Gasteiger partial charge in [-0.3, -0.25) is 4.79 Å². The highest BCUT2D eigenvalue weighted by Gasteiger charge is 2.22. The Bertz CT molecular complexity index is 1210. The van der Waals surface area contributed by atoms with Gasteiger partial charge < -0.3 is 14.6 Å². The Hall–Kier alpha value is -3.19. The van der Waals surface area contributed by atoms with Crippen molar-refractivity contribution in [2.45, 2.75) is 40.2 Å². The van der Waals surface area contributed by atoms with Gasteiger partial charge in [0.15, 0.2) is 0 Å². The van der Waals surface area contributed by atoms with Gasteiger partial charge in [-0.2, -0.15) is 0 Å². The van der Waals surface area contributed by atoms with Gasteiger partial charge in [0.05, 0.1) is 23.1 Å². The molecule has 6 nitrogen and oxygen atoms in total. The number of carbonyl (C=O) groups is 1. The Balaban J connectivity index is 1.69. The number of aryl methyl sites for hydroxylation is 2. The lowest BCUT2D eigenvalue weighted by Gasteiger charge is -2.20. The van der Waals surface area contributed by atoms with E-state index in [0.29, 0.717) is 28.9 Å². The highest BCUT2D eigenvalue weighted by molar-refractivity contribution is 7.20. The molecule has 0 aliphatic carbocycles. The summed E-state index contributed by atoms with van der Waals surface area (Å²) >= 11 is 1.40. The number of rotatable bonds is 6. The molecule has 1 amide bonds. The van der Waals surface area contributed by atoms with Gasteiger partial charge in [0, 0.05) is 12.7 Å². The van der Waals surface area contributed by atoms with E-state index in [2.05, 4.69) is 53.3 Å². The summed E-state index contributed by atoms with van der Waals surface area (Å²) in [4.78, 5) is 25.7. The van der Waals surface area contributed by atoms with E-state index in [1.165, 1.54) is 16.9 Å². The van der Waals surface area contributed by atoms with E-state index < -0.39 is 0 Å². The molecule has 3 aromatic heterocycles. The predicted molar refractivity (Wildman–Crippen MR) is 125 cm³/mol. The second-order valence-electron chi connectivity index (χ2n) is 7.90. The topological polar surface area (TPSA) is 71.3 Å². The molecule has 0 spiro atoms. The molecule has 0 radical (unpaired) electrons. The van der Waals surface area contributed by atoms with Gasteiger partial charge in [-0.1, -0.05) is 26.0 Å². The molecular weight excluding hydrogens is 408 g/mol. The number of carbonyl (C=O) groups excluding carboxylic acids is 1. The maximum absolute atomic E-state index is 12.9. The molecule has 1 aromatic carbocycles. The summed E-state index contributed by atoms with van der Waals surface area (Å²) in [6.45, 7) is 8.55. The monoisotopic (exact) mass is 434 g/mol. The molecule has 31 heavy (non-hydrogen) atoms. The van der Waals surface area contributed by atoms with Crippen molar-refractivity contribution in [2.24, 2.45) is 0 Å². The number of aromatic nitrogens is 2. The molecule has 3 heterocycles. The summed E-state index contributed by atoms with van der Waals surface area (Å²) in [5.74, 6) is 2.54. The Labute approximate surface area is 185 Å². The van der Waals surface area contributed by atoms with Crippen LogP contribution in [0.3, 0.4) is 0 Å². The smallest absolute Gasteiger partial charge is 0.262 e. The number of anilines is 2. The number of amides is 1. The first-order valence-electron chi connectivity index (χ1n) is 10.3. The maximum atomic E-state index is 12.9.